The third-order valence-corrected chi connectivity index (χ3v) is 3.32. The van der Waals surface area contributed by atoms with Gasteiger partial charge in [-0.1, -0.05) is 13.8 Å². The summed E-state index contributed by atoms with van der Waals surface area (Å²) in [6.45, 7) is 6.67. The normalized spacial score (nSPS) is 34.8. The van der Waals surface area contributed by atoms with Gasteiger partial charge in [-0.15, -0.1) is 11.8 Å². The molecule has 10 heavy (non-hydrogen) atoms. The van der Waals surface area contributed by atoms with E-state index in [9.17, 15) is 0 Å². The van der Waals surface area contributed by atoms with Gasteiger partial charge in [0.15, 0.2) is 0 Å². The van der Waals surface area contributed by atoms with Crippen molar-refractivity contribution in [3.8, 4) is 0 Å². The Balaban J connectivity index is 2.26. The highest BCUT2D eigenvalue weighted by atomic mass is 32.2. The second kappa shape index (κ2) is 3.60. The van der Waals surface area contributed by atoms with Gasteiger partial charge < -0.3 is 0 Å². The molecule has 0 aliphatic carbocycles. The van der Waals surface area contributed by atoms with E-state index in [1.54, 1.807) is 0 Å². The first-order chi connectivity index (χ1) is 4.70. The van der Waals surface area contributed by atoms with E-state index in [0.29, 0.717) is 17.3 Å². The Morgan fingerprint density at radius 3 is 2.50 bits per heavy atom. The Hall–Kier alpha value is 0.270. The van der Waals surface area contributed by atoms with Crippen molar-refractivity contribution in [1.82, 2.24) is 10.9 Å². The van der Waals surface area contributed by atoms with Crippen LogP contribution in [0.4, 0.5) is 0 Å². The standard InChI is InChI=1S/C7H16N2S/c1-5(2)7-9-8-6(3)4-10-7/h5-9H,4H2,1-3H3. The van der Waals surface area contributed by atoms with Gasteiger partial charge in [0.05, 0.1) is 5.37 Å². The van der Waals surface area contributed by atoms with Crippen molar-refractivity contribution in [2.45, 2.75) is 32.2 Å². The lowest BCUT2D eigenvalue weighted by Crippen LogP contribution is -2.51. The average Bonchev–Trinajstić information content (AvgIpc) is 1.88. The fraction of sp³-hybridized carbons (Fsp3) is 1.00. The third-order valence-electron chi connectivity index (χ3n) is 1.60. The van der Waals surface area contributed by atoms with Crippen LogP contribution < -0.4 is 10.9 Å². The van der Waals surface area contributed by atoms with E-state index in [2.05, 4.69) is 31.6 Å². The zero-order chi connectivity index (χ0) is 7.56. The summed E-state index contributed by atoms with van der Waals surface area (Å²) in [5.41, 5.74) is 6.52. The van der Waals surface area contributed by atoms with Gasteiger partial charge in [0.25, 0.3) is 0 Å². The zero-order valence-corrected chi connectivity index (χ0v) is 7.66. The number of thioether (sulfide) groups is 1. The Labute approximate surface area is 67.1 Å². The van der Waals surface area contributed by atoms with Crippen LogP contribution in [-0.4, -0.2) is 17.2 Å². The van der Waals surface area contributed by atoms with Gasteiger partial charge in [-0.3, -0.25) is 5.43 Å². The molecule has 0 aromatic carbocycles. The van der Waals surface area contributed by atoms with E-state index in [1.807, 2.05) is 11.8 Å². The van der Waals surface area contributed by atoms with Crippen molar-refractivity contribution >= 4 is 11.8 Å². The molecule has 1 fully saturated rings. The molecular weight excluding hydrogens is 144 g/mol. The molecule has 1 saturated heterocycles. The minimum atomic E-state index is 0.594. The molecule has 2 unspecified atom stereocenters. The maximum absolute atomic E-state index is 3.28. The highest BCUT2D eigenvalue weighted by molar-refractivity contribution is 7.99. The number of hydrazine groups is 1. The predicted molar refractivity (Wildman–Crippen MR) is 46.8 cm³/mol. The van der Waals surface area contributed by atoms with Crippen molar-refractivity contribution in [2.24, 2.45) is 5.92 Å². The summed E-state index contributed by atoms with van der Waals surface area (Å²) < 4.78 is 0. The van der Waals surface area contributed by atoms with Gasteiger partial charge in [-0.2, -0.15) is 0 Å². The van der Waals surface area contributed by atoms with Gasteiger partial charge in [-0.25, -0.2) is 5.43 Å². The summed E-state index contributed by atoms with van der Waals surface area (Å²) in [4.78, 5) is 0. The molecule has 0 aromatic rings. The van der Waals surface area contributed by atoms with Crippen LogP contribution in [0, 0.1) is 5.92 Å². The van der Waals surface area contributed by atoms with Crippen molar-refractivity contribution in [3.05, 3.63) is 0 Å². The Kier molecular flexibility index (Phi) is 3.01. The summed E-state index contributed by atoms with van der Waals surface area (Å²) in [6.07, 6.45) is 0. The summed E-state index contributed by atoms with van der Waals surface area (Å²) in [7, 11) is 0. The molecule has 3 heteroatoms. The Bertz CT molecular complexity index is 97.8. The van der Waals surface area contributed by atoms with E-state index in [0.717, 1.165) is 0 Å². The van der Waals surface area contributed by atoms with Crippen LogP contribution in [0.3, 0.4) is 0 Å². The molecule has 0 spiro atoms. The van der Waals surface area contributed by atoms with Gasteiger partial charge in [0, 0.05) is 11.8 Å². The zero-order valence-electron chi connectivity index (χ0n) is 6.85. The summed E-state index contributed by atoms with van der Waals surface area (Å²) in [5.74, 6) is 1.93. The second-order valence-electron chi connectivity index (χ2n) is 3.19. The van der Waals surface area contributed by atoms with Crippen molar-refractivity contribution in [3.63, 3.8) is 0 Å². The fourth-order valence-corrected chi connectivity index (χ4v) is 2.03. The Morgan fingerprint density at radius 2 is 2.10 bits per heavy atom. The van der Waals surface area contributed by atoms with Crippen LogP contribution in [0.15, 0.2) is 0 Å². The van der Waals surface area contributed by atoms with Gasteiger partial charge >= 0.3 is 0 Å². The van der Waals surface area contributed by atoms with E-state index >= 15 is 0 Å². The van der Waals surface area contributed by atoms with E-state index in [-0.39, 0.29) is 0 Å². The first-order valence-corrected chi connectivity index (χ1v) is 4.87. The third kappa shape index (κ3) is 2.15. The smallest absolute Gasteiger partial charge is 0.0689 e. The second-order valence-corrected chi connectivity index (χ2v) is 4.36. The SMILES string of the molecule is CC1CSC(C(C)C)NN1. The van der Waals surface area contributed by atoms with Crippen LogP contribution in [0.25, 0.3) is 0 Å². The first kappa shape index (κ1) is 8.37. The molecule has 2 N–H and O–H groups in total. The van der Waals surface area contributed by atoms with E-state index < -0.39 is 0 Å². The van der Waals surface area contributed by atoms with Gasteiger partial charge in [-0.05, 0) is 12.8 Å². The molecule has 0 saturated carbocycles. The molecular formula is C7H16N2S. The highest BCUT2D eigenvalue weighted by Crippen LogP contribution is 2.19. The average molecular weight is 160 g/mol. The van der Waals surface area contributed by atoms with Crippen molar-refractivity contribution in [2.75, 3.05) is 5.75 Å². The predicted octanol–water partition coefficient (Wildman–Crippen LogP) is 1.20. The van der Waals surface area contributed by atoms with E-state index in [4.69, 9.17) is 0 Å². The number of nitrogens with one attached hydrogen (secondary N) is 2. The molecule has 1 aliphatic rings. The molecule has 2 atom stereocenters. The topological polar surface area (TPSA) is 24.1 Å². The maximum Gasteiger partial charge on any atom is 0.0689 e. The first-order valence-electron chi connectivity index (χ1n) is 3.83. The summed E-state index contributed by atoms with van der Waals surface area (Å²) in [5, 5.41) is 0.594. The van der Waals surface area contributed by atoms with Gasteiger partial charge in [0.2, 0.25) is 0 Å². The van der Waals surface area contributed by atoms with Crippen LogP contribution >= 0.6 is 11.8 Å². The minimum Gasteiger partial charge on any atom is -0.253 e. The molecule has 0 amide bonds. The van der Waals surface area contributed by atoms with Crippen LogP contribution in [0.1, 0.15) is 20.8 Å². The number of hydrogen-bond acceptors (Lipinski definition) is 3. The van der Waals surface area contributed by atoms with Gasteiger partial charge in [0.1, 0.15) is 0 Å². The maximum atomic E-state index is 3.28. The van der Waals surface area contributed by atoms with Crippen LogP contribution in [0.2, 0.25) is 0 Å². The summed E-state index contributed by atoms with van der Waals surface area (Å²) >= 11 is 2.01. The molecule has 60 valence electrons. The molecule has 2 nitrogen and oxygen atoms in total. The van der Waals surface area contributed by atoms with Crippen molar-refractivity contribution in [1.29, 1.82) is 0 Å². The lowest BCUT2D eigenvalue weighted by atomic mass is 10.2. The number of hydrogen-bond donors (Lipinski definition) is 2. The molecule has 0 aromatic heterocycles. The van der Waals surface area contributed by atoms with E-state index in [1.165, 1.54) is 5.75 Å². The quantitative estimate of drug-likeness (QED) is 0.602. The van der Waals surface area contributed by atoms with Crippen LogP contribution in [-0.2, 0) is 0 Å². The summed E-state index contributed by atoms with van der Waals surface area (Å²) in [6, 6.07) is 0.611. The highest BCUT2D eigenvalue weighted by Gasteiger charge is 2.19. The lowest BCUT2D eigenvalue weighted by Gasteiger charge is -2.30. The van der Waals surface area contributed by atoms with Crippen LogP contribution in [0.5, 0.6) is 0 Å². The molecule has 0 bridgehead atoms. The molecule has 1 rings (SSSR count). The fourth-order valence-electron chi connectivity index (χ4n) is 0.915. The monoisotopic (exact) mass is 160 g/mol. The minimum absolute atomic E-state index is 0.594. The Morgan fingerprint density at radius 1 is 1.40 bits per heavy atom. The largest absolute Gasteiger partial charge is 0.253 e. The molecule has 1 heterocycles. The number of rotatable bonds is 1. The molecule has 1 aliphatic heterocycles. The molecule has 0 radical (unpaired) electrons. The lowest BCUT2D eigenvalue weighted by molar-refractivity contribution is 0.393. The van der Waals surface area contributed by atoms with Crippen molar-refractivity contribution < 1.29 is 0 Å².